The van der Waals surface area contributed by atoms with E-state index in [1.165, 1.54) is 7.11 Å². The first-order chi connectivity index (χ1) is 9.90. The number of ether oxygens (including phenoxy) is 1. The molecule has 0 saturated carbocycles. The molecule has 0 heterocycles. The number of carbonyl (C=O) groups is 2. The van der Waals surface area contributed by atoms with Crippen LogP contribution in [0.3, 0.4) is 0 Å². The third-order valence-corrected chi connectivity index (χ3v) is 3.14. The maximum Gasteiger partial charge on any atom is 0.328 e. The van der Waals surface area contributed by atoms with Crippen molar-refractivity contribution in [2.45, 2.75) is 45.6 Å². The van der Waals surface area contributed by atoms with E-state index in [2.05, 4.69) is 5.32 Å². The Morgan fingerprint density at radius 2 is 1.90 bits per heavy atom. The van der Waals surface area contributed by atoms with E-state index in [0.717, 1.165) is 25.8 Å². The summed E-state index contributed by atoms with van der Waals surface area (Å²) in [6.07, 6.45) is 3.24. The molecule has 21 heavy (non-hydrogen) atoms. The molecule has 0 aliphatic rings. The summed E-state index contributed by atoms with van der Waals surface area (Å²) in [5.74, 6) is -0.274. The molecule has 0 aliphatic heterocycles. The number of likely N-dealkylation sites (N-methyl/N-ethyl adjacent to an activating group) is 1. The lowest BCUT2D eigenvalue weighted by Crippen LogP contribution is -2.46. The number of hydrogen-bond donors (Lipinski definition) is 2. The number of aliphatic hydroxyl groups excluding tert-OH is 1. The maximum absolute atomic E-state index is 12.0. The third kappa shape index (κ3) is 10.3. The molecular weight excluding hydrogens is 272 g/mol. The lowest BCUT2D eigenvalue weighted by molar-refractivity contribution is -0.145. The number of carbonyl (C=O) groups excluding carboxylic acids is 2. The molecule has 0 aromatic heterocycles. The van der Waals surface area contributed by atoms with Crippen LogP contribution in [-0.4, -0.2) is 61.8 Å². The minimum absolute atomic E-state index is 0.171. The van der Waals surface area contributed by atoms with Crippen LogP contribution >= 0.6 is 0 Å². The standard InChI is InChI=1S/C15H30N2O4/c1-12(2)10-13(15(20)21-4)16-14(19)11-17(3)8-6-5-7-9-18/h12-13,18H,5-11H2,1-4H3,(H,16,19). The fourth-order valence-corrected chi connectivity index (χ4v) is 2.06. The molecule has 1 unspecified atom stereocenters. The van der Waals surface area contributed by atoms with Crippen LogP contribution < -0.4 is 5.32 Å². The first-order valence-electron chi connectivity index (χ1n) is 7.57. The highest BCUT2D eigenvalue weighted by molar-refractivity contribution is 5.85. The Balaban J connectivity index is 4.14. The molecule has 0 rings (SSSR count). The SMILES string of the molecule is COC(=O)C(CC(C)C)NC(=O)CN(C)CCCCCO. The Labute approximate surface area is 127 Å². The van der Waals surface area contributed by atoms with Gasteiger partial charge >= 0.3 is 5.97 Å². The number of esters is 1. The van der Waals surface area contributed by atoms with E-state index in [0.29, 0.717) is 12.3 Å². The topological polar surface area (TPSA) is 78.9 Å². The van der Waals surface area contributed by atoms with Crippen molar-refractivity contribution in [1.29, 1.82) is 0 Å². The van der Waals surface area contributed by atoms with E-state index in [4.69, 9.17) is 9.84 Å². The average molecular weight is 302 g/mol. The Bertz CT molecular complexity index is 308. The van der Waals surface area contributed by atoms with Gasteiger partial charge in [-0.1, -0.05) is 13.8 Å². The number of nitrogens with zero attached hydrogens (tertiary/aromatic N) is 1. The predicted molar refractivity (Wildman–Crippen MR) is 81.8 cm³/mol. The predicted octanol–water partition coefficient (Wildman–Crippen LogP) is 0.785. The smallest absolute Gasteiger partial charge is 0.328 e. The fraction of sp³-hybridized carbons (Fsp3) is 0.867. The zero-order valence-electron chi connectivity index (χ0n) is 13.7. The van der Waals surface area contributed by atoms with Crippen LogP contribution in [0.5, 0.6) is 0 Å². The van der Waals surface area contributed by atoms with Crippen molar-refractivity contribution in [1.82, 2.24) is 10.2 Å². The quantitative estimate of drug-likeness (QED) is 0.436. The molecule has 0 bridgehead atoms. The molecule has 0 fully saturated rings. The van der Waals surface area contributed by atoms with Gasteiger partial charge in [0.2, 0.25) is 5.91 Å². The summed E-state index contributed by atoms with van der Waals surface area (Å²) >= 11 is 0. The van der Waals surface area contributed by atoms with Crippen molar-refractivity contribution in [3.8, 4) is 0 Å². The molecule has 1 amide bonds. The molecule has 0 aromatic carbocycles. The monoisotopic (exact) mass is 302 g/mol. The average Bonchev–Trinajstić information content (AvgIpc) is 2.41. The van der Waals surface area contributed by atoms with E-state index < -0.39 is 12.0 Å². The highest BCUT2D eigenvalue weighted by Crippen LogP contribution is 2.06. The van der Waals surface area contributed by atoms with Crippen LogP contribution in [0, 0.1) is 5.92 Å². The van der Waals surface area contributed by atoms with Gasteiger partial charge in [0.05, 0.1) is 13.7 Å². The van der Waals surface area contributed by atoms with Crippen LogP contribution in [0.15, 0.2) is 0 Å². The second-order valence-corrected chi connectivity index (χ2v) is 5.79. The number of methoxy groups -OCH3 is 1. The summed E-state index contributed by atoms with van der Waals surface area (Å²) in [7, 11) is 3.20. The number of nitrogens with one attached hydrogen (secondary N) is 1. The number of hydrogen-bond acceptors (Lipinski definition) is 5. The van der Waals surface area contributed by atoms with Crippen molar-refractivity contribution in [2.24, 2.45) is 5.92 Å². The number of aliphatic hydroxyl groups is 1. The lowest BCUT2D eigenvalue weighted by atomic mass is 10.0. The summed E-state index contributed by atoms with van der Waals surface area (Å²) in [5, 5.41) is 11.4. The molecule has 0 aliphatic carbocycles. The molecule has 1 atom stereocenters. The lowest BCUT2D eigenvalue weighted by Gasteiger charge is -2.21. The fourth-order valence-electron chi connectivity index (χ4n) is 2.06. The summed E-state index contributed by atoms with van der Waals surface area (Å²) in [4.78, 5) is 25.5. The molecule has 0 saturated heterocycles. The van der Waals surface area contributed by atoms with Gasteiger partial charge in [0, 0.05) is 6.61 Å². The van der Waals surface area contributed by atoms with Crippen molar-refractivity contribution < 1.29 is 19.4 Å². The second kappa shape index (κ2) is 11.5. The van der Waals surface area contributed by atoms with Gasteiger partial charge in [-0.3, -0.25) is 9.69 Å². The minimum atomic E-state index is -0.578. The van der Waals surface area contributed by atoms with E-state index in [-0.39, 0.29) is 19.1 Å². The van der Waals surface area contributed by atoms with Gasteiger partial charge in [0.1, 0.15) is 6.04 Å². The summed E-state index contributed by atoms with van der Waals surface area (Å²) in [6, 6.07) is -0.578. The van der Waals surface area contributed by atoms with Crippen LogP contribution in [0.25, 0.3) is 0 Å². The minimum Gasteiger partial charge on any atom is -0.467 e. The zero-order valence-corrected chi connectivity index (χ0v) is 13.7. The van der Waals surface area contributed by atoms with Gasteiger partial charge in [0.15, 0.2) is 0 Å². The highest BCUT2D eigenvalue weighted by Gasteiger charge is 2.22. The Kier molecular flexibility index (Phi) is 10.9. The van der Waals surface area contributed by atoms with E-state index >= 15 is 0 Å². The van der Waals surface area contributed by atoms with Crippen molar-refractivity contribution >= 4 is 11.9 Å². The molecular formula is C15H30N2O4. The second-order valence-electron chi connectivity index (χ2n) is 5.79. The van der Waals surface area contributed by atoms with Gasteiger partial charge in [0.25, 0.3) is 0 Å². The van der Waals surface area contributed by atoms with E-state index in [9.17, 15) is 9.59 Å². The Hall–Kier alpha value is -1.14. The third-order valence-electron chi connectivity index (χ3n) is 3.14. The van der Waals surface area contributed by atoms with E-state index in [1.807, 2.05) is 25.8 Å². The molecule has 0 radical (unpaired) electrons. The molecule has 0 spiro atoms. The van der Waals surface area contributed by atoms with Crippen LogP contribution in [0.1, 0.15) is 39.5 Å². The van der Waals surface area contributed by atoms with Crippen LogP contribution in [-0.2, 0) is 14.3 Å². The molecule has 124 valence electrons. The number of rotatable bonds is 11. The van der Waals surface area contributed by atoms with Gasteiger partial charge < -0.3 is 15.2 Å². The normalized spacial score (nSPS) is 12.5. The van der Waals surface area contributed by atoms with Crippen molar-refractivity contribution in [3.05, 3.63) is 0 Å². The summed E-state index contributed by atoms with van der Waals surface area (Å²) in [6.45, 7) is 5.25. The van der Waals surface area contributed by atoms with Crippen molar-refractivity contribution in [2.75, 3.05) is 33.9 Å². The summed E-state index contributed by atoms with van der Waals surface area (Å²) in [5.41, 5.74) is 0. The van der Waals surface area contributed by atoms with Crippen LogP contribution in [0.4, 0.5) is 0 Å². The van der Waals surface area contributed by atoms with Crippen molar-refractivity contribution in [3.63, 3.8) is 0 Å². The number of amides is 1. The Morgan fingerprint density at radius 1 is 1.24 bits per heavy atom. The van der Waals surface area contributed by atoms with Gasteiger partial charge in [-0.25, -0.2) is 4.79 Å². The van der Waals surface area contributed by atoms with Gasteiger partial charge in [-0.15, -0.1) is 0 Å². The van der Waals surface area contributed by atoms with E-state index in [1.54, 1.807) is 0 Å². The maximum atomic E-state index is 12.0. The molecule has 2 N–H and O–H groups in total. The van der Waals surface area contributed by atoms with Crippen LogP contribution in [0.2, 0.25) is 0 Å². The first kappa shape index (κ1) is 19.9. The number of unbranched alkanes of at least 4 members (excludes halogenated alkanes) is 2. The largest absolute Gasteiger partial charge is 0.467 e. The molecule has 0 aromatic rings. The van der Waals surface area contributed by atoms with Gasteiger partial charge in [-0.2, -0.15) is 0 Å². The highest BCUT2D eigenvalue weighted by atomic mass is 16.5. The molecule has 6 nitrogen and oxygen atoms in total. The summed E-state index contributed by atoms with van der Waals surface area (Å²) < 4.78 is 4.72. The zero-order chi connectivity index (χ0) is 16.3. The first-order valence-corrected chi connectivity index (χ1v) is 7.57. The molecule has 6 heteroatoms. The Morgan fingerprint density at radius 3 is 2.43 bits per heavy atom. The van der Waals surface area contributed by atoms with Gasteiger partial charge in [-0.05, 0) is 45.2 Å².